The molecule has 0 saturated carbocycles. The van der Waals surface area contributed by atoms with Crippen molar-refractivity contribution < 1.29 is 0 Å². The van der Waals surface area contributed by atoms with E-state index in [0.717, 1.165) is 19.5 Å². The molecule has 114 valence electrons. The third kappa shape index (κ3) is 5.86. The van der Waals surface area contributed by atoms with Gasteiger partial charge in [0.2, 0.25) is 0 Å². The molecule has 0 fully saturated rings. The maximum absolute atomic E-state index is 3.62. The van der Waals surface area contributed by atoms with Crippen LogP contribution in [-0.2, 0) is 0 Å². The third-order valence-electron chi connectivity index (χ3n) is 3.83. The van der Waals surface area contributed by atoms with Crippen molar-refractivity contribution >= 4 is 11.8 Å². The van der Waals surface area contributed by atoms with Crippen LogP contribution in [0.2, 0.25) is 0 Å². The maximum atomic E-state index is 3.62. The fourth-order valence-electron chi connectivity index (χ4n) is 2.44. The number of aryl methyl sites for hydroxylation is 1. The van der Waals surface area contributed by atoms with E-state index in [4.69, 9.17) is 0 Å². The molecular formula is C17H30N2S. The molecule has 0 spiro atoms. The van der Waals surface area contributed by atoms with Crippen LogP contribution in [0.5, 0.6) is 0 Å². The van der Waals surface area contributed by atoms with Gasteiger partial charge in [0, 0.05) is 17.8 Å². The monoisotopic (exact) mass is 294 g/mol. The van der Waals surface area contributed by atoms with E-state index in [-0.39, 0.29) is 0 Å². The van der Waals surface area contributed by atoms with Gasteiger partial charge in [-0.15, -0.1) is 0 Å². The number of rotatable bonds is 9. The molecule has 0 aliphatic rings. The molecule has 0 aromatic heterocycles. The largest absolute Gasteiger partial charge is 0.310 e. The summed E-state index contributed by atoms with van der Waals surface area (Å²) in [5.74, 6) is 1.20. The highest BCUT2D eigenvalue weighted by atomic mass is 32.2. The van der Waals surface area contributed by atoms with Crippen molar-refractivity contribution in [2.45, 2.75) is 39.3 Å². The smallest absolute Gasteiger partial charge is 0.0332 e. The number of nitrogens with zero attached hydrogens (tertiary/aromatic N) is 1. The van der Waals surface area contributed by atoms with Gasteiger partial charge in [-0.3, -0.25) is 0 Å². The van der Waals surface area contributed by atoms with Crippen molar-refractivity contribution in [3.05, 3.63) is 35.4 Å². The Morgan fingerprint density at radius 2 is 2.10 bits per heavy atom. The number of benzene rings is 1. The van der Waals surface area contributed by atoms with Crippen molar-refractivity contribution in [1.82, 2.24) is 10.2 Å². The summed E-state index contributed by atoms with van der Waals surface area (Å²) in [7, 11) is 2.24. The summed E-state index contributed by atoms with van der Waals surface area (Å²) < 4.78 is 0. The lowest BCUT2D eigenvalue weighted by atomic mass is 10.0. The zero-order valence-electron chi connectivity index (χ0n) is 13.6. The van der Waals surface area contributed by atoms with Crippen molar-refractivity contribution in [2.75, 3.05) is 32.1 Å². The van der Waals surface area contributed by atoms with Gasteiger partial charge in [-0.25, -0.2) is 0 Å². The van der Waals surface area contributed by atoms with E-state index in [1.807, 2.05) is 11.8 Å². The van der Waals surface area contributed by atoms with Crippen LogP contribution in [0.15, 0.2) is 24.3 Å². The van der Waals surface area contributed by atoms with Gasteiger partial charge in [-0.2, -0.15) is 11.8 Å². The number of hydrogen-bond acceptors (Lipinski definition) is 3. The van der Waals surface area contributed by atoms with Gasteiger partial charge in [0.25, 0.3) is 0 Å². The predicted molar refractivity (Wildman–Crippen MR) is 92.7 cm³/mol. The molecule has 0 amide bonds. The average molecular weight is 295 g/mol. The molecule has 2 atom stereocenters. The number of nitrogens with one attached hydrogen (secondary N) is 1. The third-order valence-corrected chi connectivity index (χ3v) is 4.64. The molecule has 0 radical (unpaired) electrons. The van der Waals surface area contributed by atoms with Gasteiger partial charge in [0.05, 0.1) is 0 Å². The highest BCUT2D eigenvalue weighted by Crippen LogP contribution is 2.19. The molecule has 1 rings (SSSR count). The molecule has 1 aromatic carbocycles. The molecule has 1 aromatic rings. The van der Waals surface area contributed by atoms with Gasteiger partial charge < -0.3 is 10.2 Å². The Labute approximate surface area is 129 Å². The fourth-order valence-corrected chi connectivity index (χ4v) is 3.18. The lowest BCUT2D eigenvalue weighted by molar-refractivity contribution is 0.260. The van der Waals surface area contributed by atoms with Gasteiger partial charge in [0.1, 0.15) is 0 Å². The highest BCUT2D eigenvalue weighted by Gasteiger charge is 2.14. The lowest BCUT2D eigenvalue weighted by Crippen LogP contribution is -2.34. The highest BCUT2D eigenvalue weighted by molar-refractivity contribution is 7.98. The van der Waals surface area contributed by atoms with E-state index in [0.29, 0.717) is 12.1 Å². The maximum Gasteiger partial charge on any atom is 0.0332 e. The quantitative estimate of drug-likeness (QED) is 0.747. The van der Waals surface area contributed by atoms with E-state index < -0.39 is 0 Å². The minimum absolute atomic E-state index is 0.462. The van der Waals surface area contributed by atoms with E-state index >= 15 is 0 Å². The molecule has 0 bridgehead atoms. The first-order valence-electron chi connectivity index (χ1n) is 7.57. The van der Waals surface area contributed by atoms with E-state index in [9.17, 15) is 0 Å². The van der Waals surface area contributed by atoms with Crippen molar-refractivity contribution in [3.63, 3.8) is 0 Å². The number of hydrogen-bond donors (Lipinski definition) is 1. The van der Waals surface area contributed by atoms with E-state index in [2.05, 4.69) is 68.6 Å². The van der Waals surface area contributed by atoms with Crippen LogP contribution in [0.3, 0.4) is 0 Å². The molecule has 1 N–H and O–H groups in total. The first-order valence-corrected chi connectivity index (χ1v) is 8.97. The van der Waals surface area contributed by atoms with Gasteiger partial charge >= 0.3 is 0 Å². The molecule has 0 aliphatic heterocycles. The Hall–Kier alpha value is -0.510. The van der Waals surface area contributed by atoms with Crippen molar-refractivity contribution in [3.8, 4) is 0 Å². The minimum Gasteiger partial charge on any atom is -0.310 e. The topological polar surface area (TPSA) is 15.3 Å². The van der Waals surface area contributed by atoms with E-state index in [1.165, 1.54) is 16.9 Å². The Morgan fingerprint density at radius 1 is 1.35 bits per heavy atom. The molecule has 20 heavy (non-hydrogen) atoms. The van der Waals surface area contributed by atoms with Gasteiger partial charge in [-0.05, 0) is 52.2 Å². The summed E-state index contributed by atoms with van der Waals surface area (Å²) in [6.45, 7) is 8.81. The zero-order chi connectivity index (χ0) is 15.0. The Morgan fingerprint density at radius 3 is 2.70 bits per heavy atom. The molecule has 3 heteroatoms. The number of thioether (sulfide) groups is 1. The summed E-state index contributed by atoms with van der Waals surface area (Å²) in [5.41, 5.74) is 2.76. The van der Waals surface area contributed by atoms with Crippen LogP contribution in [0.1, 0.15) is 37.4 Å². The van der Waals surface area contributed by atoms with E-state index in [1.54, 1.807) is 0 Å². The zero-order valence-corrected chi connectivity index (χ0v) is 14.5. The Balaban J connectivity index is 2.59. The second-order valence-corrected chi connectivity index (χ2v) is 6.51. The van der Waals surface area contributed by atoms with Crippen molar-refractivity contribution in [1.29, 1.82) is 0 Å². The molecule has 0 saturated heterocycles. The first kappa shape index (κ1) is 17.5. The summed E-state index contributed by atoms with van der Waals surface area (Å²) in [6, 6.07) is 9.98. The van der Waals surface area contributed by atoms with Crippen LogP contribution in [0.25, 0.3) is 0 Å². The second kappa shape index (κ2) is 9.43. The second-order valence-electron chi connectivity index (χ2n) is 5.60. The molecule has 0 aliphatic carbocycles. The Bertz CT molecular complexity index is 381. The summed E-state index contributed by atoms with van der Waals surface area (Å²) >= 11 is 1.92. The van der Waals surface area contributed by atoms with Crippen LogP contribution in [0.4, 0.5) is 0 Å². The lowest BCUT2D eigenvalue weighted by Gasteiger charge is -2.27. The SMILES string of the molecule is CCNC(CCN(C)C(C)CSC)c1cccc(C)c1. The van der Waals surface area contributed by atoms with Crippen molar-refractivity contribution in [2.24, 2.45) is 0 Å². The summed E-state index contributed by atoms with van der Waals surface area (Å²) in [4.78, 5) is 2.47. The van der Waals surface area contributed by atoms with Gasteiger partial charge in [-0.1, -0.05) is 36.8 Å². The molecule has 2 nitrogen and oxygen atoms in total. The first-order chi connectivity index (χ1) is 9.58. The summed E-state index contributed by atoms with van der Waals surface area (Å²) in [6.07, 6.45) is 3.34. The minimum atomic E-state index is 0.462. The van der Waals surface area contributed by atoms with Crippen LogP contribution in [0, 0.1) is 6.92 Å². The molecule has 0 heterocycles. The standard InChI is InChI=1S/C17H30N2S/c1-6-18-17(16-9-7-8-14(2)12-16)10-11-19(4)15(3)13-20-5/h7-9,12,15,17-18H,6,10-11,13H2,1-5H3. The normalized spacial score (nSPS) is 14.5. The van der Waals surface area contributed by atoms with Crippen LogP contribution < -0.4 is 5.32 Å². The fraction of sp³-hybridized carbons (Fsp3) is 0.647. The molecule has 2 unspecified atom stereocenters. The average Bonchev–Trinajstić information content (AvgIpc) is 2.43. The molecular weight excluding hydrogens is 264 g/mol. The van der Waals surface area contributed by atoms with Crippen LogP contribution in [-0.4, -0.2) is 43.1 Å². The van der Waals surface area contributed by atoms with Crippen LogP contribution >= 0.6 is 11.8 Å². The van der Waals surface area contributed by atoms with Gasteiger partial charge in [0.15, 0.2) is 0 Å². The Kier molecular flexibility index (Phi) is 8.27. The predicted octanol–water partition coefficient (Wildman–Crippen LogP) is 3.72. The summed E-state index contributed by atoms with van der Waals surface area (Å²) in [5, 5.41) is 3.62.